The van der Waals surface area contributed by atoms with Crippen molar-refractivity contribution in [3.05, 3.63) is 71.3 Å². The zero-order valence-electron chi connectivity index (χ0n) is 28.0. The summed E-state index contributed by atoms with van der Waals surface area (Å²) in [4.78, 5) is 56.3. The molecule has 2 aromatic carbocycles. The molecule has 0 aliphatic heterocycles. The number of ether oxygens (including phenoxy) is 2. The smallest absolute Gasteiger partial charge is 0.408 e. The van der Waals surface area contributed by atoms with E-state index in [1.807, 2.05) is 76.2 Å². The zero-order chi connectivity index (χ0) is 33.2. The number of nitrogens with zero attached hydrogens (tertiary/aromatic N) is 1. The third-order valence-corrected chi connectivity index (χ3v) is 6.69. The summed E-state index contributed by atoms with van der Waals surface area (Å²) in [5.74, 6) is -1.82. The molecule has 0 saturated heterocycles. The molecule has 44 heavy (non-hydrogen) atoms. The third kappa shape index (κ3) is 11.3. The Morgan fingerprint density at radius 1 is 0.818 bits per heavy atom. The molecule has 0 fully saturated rings. The number of rotatable bonds is 12. The van der Waals surface area contributed by atoms with Crippen LogP contribution in [-0.2, 0) is 30.3 Å². The molecule has 242 valence electrons. The van der Waals surface area contributed by atoms with Gasteiger partial charge >= 0.3 is 12.1 Å². The maximum Gasteiger partial charge on any atom is 0.408 e. The Balaban J connectivity index is 2.57. The van der Waals surface area contributed by atoms with Gasteiger partial charge in [-0.25, -0.2) is 9.59 Å². The first-order valence-electron chi connectivity index (χ1n) is 15.4. The molecule has 9 heteroatoms. The number of aryl methyl sites for hydroxylation is 1. The van der Waals surface area contributed by atoms with Gasteiger partial charge in [0.15, 0.2) is 0 Å². The minimum Gasteiger partial charge on any atom is -0.458 e. The highest BCUT2D eigenvalue weighted by atomic mass is 16.6. The van der Waals surface area contributed by atoms with Gasteiger partial charge in [0.25, 0.3) is 0 Å². The summed E-state index contributed by atoms with van der Waals surface area (Å²) >= 11 is 0. The van der Waals surface area contributed by atoms with E-state index >= 15 is 0 Å². The summed E-state index contributed by atoms with van der Waals surface area (Å²) in [5, 5.41) is 5.66. The predicted octanol–water partition coefficient (Wildman–Crippen LogP) is 5.89. The van der Waals surface area contributed by atoms with E-state index in [1.165, 1.54) is 4.90 Å². The van der Waals surface area contributed by atoms with Gasteiger partial charge in [0, 0.05) is 13.0 Å². The van der Waals surface area contributed by atoms with Gasteiger partial charge in [0.1, 0.15) is 29.3 Å². The molecule has 2 N–H and O–H groups in total. The second kappa shape index (κ2) is 15.7. The van der Waals surface area contributed by atoms with E-state index in [9.17, 15) is 19.2 Å². The summed E-state index contributed by atoms with van der Waals surface area (Å²) in [7, 11) is 0. The fraction of sp³-hybridized carbons (Fsp3) is 0.543. The van der Waals surface area contributed by atoms with Gasteiger partial charge in [0.2, 0.25) is 11.8 Å². The van der Waals surface area contributed by atoms with Crippen LogP contribution in [-0.4, -0.2) is 58.6 Å². The van der Waals surface area contributed by atoms with Crippen molar-refractivity contribution in [1.29, 1.82) is 0 Å². The summed E-state index contributed by atoms with van der Waals surface area (Å²) in [5.41, 5.74) is 0.748. The molecule has 3 unspecified atom stereocenters. The molecule has 0 bridgehead atoms. The number of carbonyl (C=O) groups is 4. The van der Waals surface area contributed by atoms with E-state index in [0.29, 0.717) is 12.0 Å². The minimum absolute atomic E-state index is 0.207. The van der Waals surface area contributed by atoms with E-state index < -0.39 is 53.2 Å². The molecular weight excluding hydrogens is 558 g/mol. The Labute approximate surface area is 263 Å². The maximum atomic E-state index is 14.4. The van der Waals surface area contributed by atoms with Gasteiger partial charge in [0.05, 0.1) is 0 Å². The fourth-order valence-electron chi connectivity index (χ4n) is 4.75. The van der Waals surface area contributed by atoms with E-state index in [2.05, 4.69) is 10.6 Å². The van der Waals surface area contributed by atoms with Crippen molar-refractivity contribution >= 4 is 23.9 Å². The highest BCUT2D eigenvalue weighted by Gasteiger charge is 2.39. The first kappa shape index (κ1) is 36.3. The number of esters is 1. The molecule has 3 atom stereocenters. The van der Waals surface area contributed by atoms with E-state index in [-0.39, 0.29) is 18.9 Å². The molecule has 3 amide bonds. The second-order valence-corrected chi connectivity index (χ2v) is 13.4. The van der Waals surface area contributed by atoms with Crippen molar-refractivity contribution in [2.24, 2.45) is 5.92 Å². The van der Waals surface area contributed by atoms with E-state index in [0.717, 1.165) is 11.1 Å². The highest BCUT2D eigenvalue weighted by Crippen LogP contribution is 2.27. The molecule has 0 aromatic heterocycles. The van der Waals surface area contributed by atoms with Crippen LogP contribution in [0.15, 0.2) is 54.6 Å². The van der Waals surface area contributed by atoms with Crippen molar-refractivity contribution in [2.45, 2.75) is 111 Å². The van der Waals surface area contributed by atoms with Crippen molar-refractivity contribution < 1.29 is 28.7 Å². The largest absolute Gasteiger partial charge is 0.458 e. The van der Waals surface area contributed by atoms with Gasteiger partial charge in [-0.15, -0.1) is 0 Å². The monoisotopic (exact) mass is 609 g/mol. The van der Waals surface area contributed by atoms with E-state index in [1.54, 1.807) is 47.6 Å². The van der Waals surface area contributed by atoms with Crippen LogP contribution >= 0.6 is 0 Å². The molecule has 0 heterocycles. The topological polar surface area (TPSA) is 114 Å². The Bertz CT molecular complexity index is 1260. The fourth-order valence-corrected chi connectivity index (χ4v) is 4.75. The Morgan fingerprint density at radius 3 is 1.91 bits per heavy atom. The van der Waals surface area contributed by atoms with Crippen molar-refractivity contribution in [1.82, 2.24) is 15.5 Å². The summed E-state index contributed by atoms with van der Waals surface area (Å²) < 4.78 is 11.1. The summed E-state index contributed by atoms with van der Waals surface area (Å²) in [6.45, 7) is 18.2. The standard InChI is InChI=1S/C35H51N3O6/c1-11-21-38(31(40)28(23(2)3)37-33(42)44-35(8,9)10)29(26-20-16-15-17-24(26)4)30(39)36-27(32(41)43-34(5,6)7)22-25-18-13-12-14-19-25/h12-20,23,27-29H,11,21-22H2,1-10H3,(H,36,39)(H,37,42). The lowest BCUT2D eigenvalue weighted by molar-refractivity contribution is -0.159. The van der Waals surface area contributed by atoms with Gasteiger partial charge in [-0.05, 0) is 77.5 Å². The number of amides is 3. The Morgan fingerprint density at radius 2 is 1.39 bits per heavy atom. The first-order valence-corrected chi connectivity index (χ1v) is 15.4. The summed E-state index contributed by atoms with van der Waals surface area (Å²) in [6, 6.07) is 13.7. The maximum absolute atomic E-state index is 14.4. The molecule has 2 aromatic rings. The van der Waals surface area contributed by atoms with Crippen LogP contribution in [0.4, 0.5) is 4.79 Å². The molecule has 0 aliphatic carbocycles. The Kier molecular flexibility index (Phi) is 13.0. The van der Waals surface area contributed by atoms with Crippen LogP contribution in [0.5, 0.6) is 0 Å². The highest BCUT2D eigenvalue weighted by molar-refractivity contribution is 5.94. The molecule has 0 spiro atoms. The van der Waals surface area contributed by atoms with Gasteiger partial charge in [-0.3, -0.25) is 9.59 Å². The number of nitrogens with one attached hydrogen (secondary N) is 2. The zero-order valence-corrected chi connectivity index (χ0v) is 28.0. The molecule has 0 radical (unpaired) electrons. The lowest BCUT2D eigenvalue weighted by Crippen LogP contribution is -2.56. The number of benzene rings is 2. The Hall–Kier alpha value is -3.88. The van der Waals surface area contributed by atoms with Crippen LogP contribution in [0.3, 0.4) is 0 Å². The number of carbonyl (C=O) groups excluding carboxylic acids is 4. The minimum atomic E-state index is -1.08. The van der Waals surface area contributed by atoms with Gasteiger partial charge in [-0.1, -0.05) is 75.4 Å². The SMILES string of the molecule is CCCN(C(=O)C(NC(=O)OC(C)(C)C)C(C)C)C(C(=O)NC(Cc1ccccc1)C(=O)OC(C)(C)C)c1ccccc1C. The lowest BCUT2D eigenvalue weighted by Gasteiger charge is -2.36. The quantitative estimate of drug-likeness (QED) is 0.290. The van der Waals surface area contributed by atoms with Crippen molar-refractivity contribution in [3.8, 4) is 0 Å². The predicted molar refractivity (Wildman–Crippen MR) is 172 cm³/mol. The molecule has 9 nitrogen and oxygen atoms in total. The average Bonchev–Trinajstić information content (AvgIpc) is 2.90. The van der Waals surface area contributed by atoms with Crippen LogP contribution in [0.2, 0.25) is 0 Å². The first-order chi connectivity index (χ1) is 20.4. The molecular formula is C35H51N3O6. The van der Waals surface area contributed by atoms with Crippen LogP contribution < -0.4 is 10.6 Å². The average molecular weight is 610 g/mol. The lowest BCUT2D eigenvalue weighted by atomic mass is 9.95. The van der Waals surface area contributed by atoms with Crippen molar-refractivity contribution in [2.75, 3.05) is 6.54 Å². The molecule has 0 aliphatic rings. The number of hydrogen-bond donors (Lipinski definition) is 2. The van der Waals surface area contributed by atoms with Gasteiger partial charge in [-0.2, -0.15) is 0 Å². The summed E-state index contributed by atoms with van der Waals surface area (Å²) in [6.07, 6.45) is 0.0437. The van der Waals surface area contributed by atoms with Crippen LogP contribution in [0.1, 0.15) is 91.5 Å². The third-order valence-electron chi connectivity index (χ3n) is 6.69. The van der Waals surface area contributed by atoms with E-state index in [4.69, 9.17) is 9.47 Å². The molecule has 0 saturated carbocycles. The normalized spacial score (nSPS) is 13.8. The second-order valence-electron chi connectivity index (χ2n) is 13.4. The number of alkyl carbamates (subject to hydrolysis) is 1. The van der Waals surface area contributed by atoms with Gasteiger partial charge < -0.3 is 25.0 Å². The van der Waals surface area contributed by atoms with Crippen molar-refractivity contribution in [3.63, 3.8) is 0 Å². The van der Waals surface area contributed by atoms with Crippen LogP contribution in [0, 0.1) is 12.8 Å². The number of hydrogen-bond acceptors (Lipinski definition) is 6. The molecule has 2 rings (SSSR count). The van der Waals surface area contributed by atoms with Crippen LogP contribution in [0.25, 0.3) is 0 Å².